The molecule has 4 rings (SSSR count). The number of aromatic nitrogens is 4. The molecule has 0 aliphatic carbocycles. The highest BCUT2D eigenvalue weighted by molar-refractivity contribution is 7.89. The van der Waals surface area contributed by atoms with Crippen LogP contribution in [0, 0.1) is 5.82 Å². The van der Waals surface area contributed by atoms with Gasteiger partial charge in [0.15, 0.2) is 11.5 Å². The van der Waals surface area contributed by atoms with Crippen LogP contribution in [0.2, 0.25) is 10.0 Å². The number of rotatable bonds is 5. The quantitative estimate of drug-likeness (QED) is 0.338. The minimum absolute atomic E-state index is 0.0330. The van der Waals surface area contributed by atoms with E-state index in [9.17, 15) is 17.6 Å². The Hall–Kier alpha value is -3.19. The van der Waals surface area contributed by atoms with Gasteiger partial charge in [-0.05, 0) is 29.8 Å². The first-order chi connectivity index (χ1) is 15.9. The Morgan fingerprint density at radius 3 is 2.38 bits per heavy atom. The standard InChI is InChI=1S/C20H18Cl2FN7O3S/c1-29(2)19-16-18(26-15(27-20(16)31)6-9-3-4-13(23)14(24)5-9)30(28-19)17-11(21)7-10(8-12(17)22)34(25,32)33/h3-5,7-8H,6,24H2,1-2H3,(H2,25,32,33)(H,26,27,31). The molecule has 0 saturated carbocycles. The third kappa shape index (κ3) is 4.32. The van der Waals surface area contributed by atoms with Crippen LogP contribution in [0.15, 0.2) is 40.0 Å². The van der Waals surface area contributed by atoms with Crippen molar-refractivity contribution >= 4 is 55.8 Å². The summed E-state index contributed by atoms with van der Waals surface area (Å²) in [4.78, 5) is 21.6. The van der Waals surface area contributed by atoms with Crippen molar-refractivity contribution in [1.82, 2.24) is 19.7 Å². The largest absolute Gasteiger partial charge is 0.396 e. The van der Waals surface area contributed by atoms with Crippen LogP contribution in [0.1, 0.15) is 11.4 Å². The highest BCUT2D eigenvalue weighted by Gasteiger charge is 2.24. The maximum atomic E-state index is 13.5. The fourth-order valence-electron chi connectivity index (χ4n) is 3.41. The van der Waals surface area contributed by atoms with Gasteiger partial charge in [-0.2, -0.15) is 0 Å². The Labute approximate surface area is 203 Å². The van der Waals surface area contributed by atoms with Crippen molar-refractivity contribution in [3.63, 3.8) is 0 Å². The summed E-state index contributed by atoms with van der Waals surface area (Å²) in [5.74, 6) is -0.0195. The molecule has 2 aromatic heterocycles. The third-order valence-electron chi connectivity index (χ3n) is 4.95. The van der Waals surface area contributed by atoms with Crippen molar-refractivity contribution < 1.29 is 12.8 Å². The molecule has 0 aliphatic heterocycles. The average molecular weight is 526 g/mol. The molecule has 0 unspecified atom stereocenters. The number of benzene rings is 2. The van der Waals surface area contributed by atoms with Crippen LogP contribution in [0.5, 0.6) is 0 Å². The van der Waals surface area contributed by atoms with Crippen LogP contribution in [0.25, 0.3) is 16.7 Å². The van der Waals surface area contributed by atoms with Gasteiger partial charge in [-0.3, -0.25) is 4.79 Å². The summed E-state index contributed by atoms with van der Waals surface area (Å²) in [6.07, 6.45) is 0.143. The number of nitrogens with one attached hydrogen (secondary N) is 1. The molecule has 5 N–H and O–H groups in total. The molecule has 0 radical (unpaired) electrons. The molecule has 10 nitrogen and oxygen atoms in total. The van der Waals surface area contributed by atoms with Crippen LogP contribution in [0.4, 0.5) is 15.9 Å². The number of nitrogens with two attached hydrogens (primary N) is 2. The van der Waals surface area contributed by atoms with E-state index in [4.69, 9.17) is 34.1 Å². The average Bonchev–Trinajstić information content (AvgIpc) is 3.10. The number of primary sulfonamides is 1. The van der Waals surface area contributed by atoms with E-state index in [0.29, 0.717) is 5.56 Å². The Morgan fingerprint density at radius 2 is 1.82 bits per heavy atom. The number of fused-ring (bicyclic) bond motifs is 1. The SMILES string of the molecule is CN(C)c1nn(-c2c(Cl)cc(S(N)(=O)=O)cc2Cl)c2nc(Cc3ccc(F)c(N)c3)[nH]c(=O)c12. The smallest absolute Gasteiger partial charge is 0.264 e. The fourth-order valence-corrected chi connectivity index (χ4v) is 4.75. The molecule has 0 bridgehead atoms. The van der Waals surface area contributed by atoms with Gasteiger partial charge in [-0.25, -0.2) is 27.6 Å². The van der Waals surface area contributed by atoms with Gasteiger partial charge in [0.1, 0.15) is 22.7 Å². The minimum Gasteiger partial charge on any atom is -0.396 e. The zero-order chi connectivity index (χ0) is 24.9. The van der Waals surface area contributed by atoms with Crippen molar-refractivity contribution in [3.05, 3.63) is 67.9 Å². The zero-order valence-corrected chi connectivity index (χ0v) is 20.1. The predicted octanol–water partition coefficient (Wildman–Crippen LogP) is 2.44. The molecular weight excluding hydrogens is 508 g/mol. The molecule has 34 heavy (non-hydrogen) atoms. The lowest BCUT2D eigenvalue weighted by Crippen LogP contribution is -2.16. The summed E-state index contributed by atoms with van der Waals surface area (Å²) < 4.78 is 38.3. The van der Waals surface area contributed by atoms with Crippen LogP contribution < -0.4 is 21.3 Å². The van der Waals surface area contributed by atoms with E-state index in [1.807, 2.05) is 0 Å². The van der Waals surface area contributed by atoms with Gasteiger partial charge in [0, 0.05) is 20.5 Å². The van der Waals surface area contributed by atoms with Crippen LogP contribution in [0.3, 0.4) is 0 Å². The first kappa shape index (κ1) is 24.0. The molecule has 0 aliphatic rings. The maximum absolute atomic E-state index is 13.5. The summed E-state index contributed by atoms with van der Waals surface area (Å²) in [7, 11) is -0.689. The van der Waals surface area contributed by atoms with Crippen molar-refractivity contribution in [2.45, 2.75) is 11.3 Å². The first-order valence-corrected chi connectivity index (χ1v) is 11.9. The predicted molar refractivity (Wildman–Crippen MR) is 129 cm³/mol. The summed E-state index contributed by atoms with van der Waals surface area (Å²) in [6.45, 7) is 0. The second-order valence-electron chi connectivity index (χ2n) is 7.65. The molecule has 0 atom stereocenters. The minimum atomic E-state index is -4.07. The van der Waals surface area contributed by atoms with E-state index in [-0.39, 0.29) is 55.4 Å². The van der Waals surface area contributed by atoms with E-state index >= 15 is 0 Å². The molecule has 0 saturated heterocycles. The van der Waals surface area contributed by atoms with Crippen molar-refractivity contribution in [2.24, 2.45) is 5.14 Å². The highest BCUT2D eigenvalue weighted by atomic mass is 35.5. The van der Waals surface area contributed by atoms with Crippen LogP contribution in [-0.2, 0) is 16.4 Å². The summed E-state index contributed by atoms with van der Waals surface area (Å²) in [5.41, 5.74) is 6.00. The lowest BCUT2D eigenvalue weighted by molar-refractivity contribution is 0.597. The number of anilines is 2. The molecule has 2 aromatic carbocycles. The number of sulfonamides is 1. The van der Waals surface area contributed by atoms with E-state index in [1.54, 1.807) is 19.0 Å². The van der Waals surface area contributed by atoms with Crippen molar-refractivity contribution in [1.29, 1.82) is 0 Å². The molecular formula is C20H18Cl2FN7O3S. The summed E-state index contributed by atoms with van der Waals surface area (Å²) in [6, 6.07) is 6.47. The number of nitrogen functional groups attached to an aromatic ring is 1. The number of nitrogens with zero attached hydrogens (tertiary/aromatic N) is 4. The first-order valence-electron chi connectivity index (χ1n) is 9.62. The second-order valence-corrected chi connectivity index (χ2v) is 10.0. The van der Waals surface area contributed by atoms with Gasteiger partial charge < -0.3 is 15.6 Å². The van der Waals surface area contributed by atoms with E-state index in [1.165, 1.54) is 22.9 Å². The Bertz CT molecular complexity index is 1590. The molecule has 4 aromatic rings. The van der Waals surface area contributed by atoms with Gasteiger partial charge >= 0.3 is 0 Å². The Balaban J connectivity index is 1.96. The summed E-state index contributed by atoms with van der Waals surface area (Å²) in [5, 5.41) is 9.66. The lowest BCUT2D eigenvalue weighted by Gasteiger charge is -2.11. The zero-order valence-electron chi connectivity index (χ0n) is 17.8. The number of H-pyrrole nitrogens is 1. The van der Waals surface area contributed by atoms with Gasteiger partial charge in [0.25, 0.3) is 5.56 Å². The fraction of sp³-hybridized carbons (Fsp3) is 0.150. The molecule has 2 heterocycles. The molecule has 178 valence electrons. The van der Waals surface area contributed by atoms with Gasteiger partial charge in [0.2, 0.25) is 10.0 Å². The van der Waals surface area contributed by atoms with E-state index < -0.39 is 21.4 Å². The van der Waals surface area contributed by atoms with E-state index in [0.717, 1.165) is 12.1 Å². The monoisotopic (exact) mass is 525 g/mol. The van der Waals surface area contributed by atoms with E-state index in [2.05, 4.69) is 15.1 Å². The molecule has 0 amide bonds. The van der Waals surface area contributed by atoms with Crippen LogP contribution in [-0.4, -0.2) is 42.3 Å². The van der Waals surface area contributed by atoms with Gasteiger partial charge in [-0.1, -0.05) is 29.3 Å². The number of aromatic amines is 1. The van der Waals surface area contributed by atoms with Crippen molar-refractivity contribution in [2.75, 3.05) is 24.7 Å². The van der Waals surface area contributed by atoms with Gasteiger partial charge in [0.05, 0.1) is 20.6 Å². The number of halogens is 3. The van der Waals surface area contributed by atoms with Crippen LogP contribution >= 0.6 is 23.2 Å². The molecule has 14 heteroatoms. The molecule has 0 spiro atoms. The normalized spacial score (nSPS) is 11.8. The lowest BCUT2D eigenvalue weighted by atomic mass is 10.1. The number of hydrogen-bond acceptors (Lipinski definition) is 7. The Morgan fingerprint density at radius 1 is 1.18 bits per heavy atom. The highest BCUT2D eigenvalue weighted by Crippen LogP contribution is 2.34. The van der Waals surface area contributed by atoms with Crippen molar-refractivity contribution in [3.8, 4) is 5.69 Å². The Kier molecular flexibility index (Phi) is 6.02. The maximum Gasteiger partial charge on any atom is 0.264 e. The second kappa shape index (κ2) is 8.55. The third-order valence-corrected chi connectivity index (χ3v) is 6.42. The van der Waals surface area contributed by atoms with Gasteiger partial charge in [-0.15, -0.1) is 5.10 Å². The summed E-state index contributed by atoms with van der Waals surface area (Å²) >= 11 is 12.7. The topological polar surface area (TPSA) is 153 Å². The molecule has 0 fully saturated rings. The number of hydrogen-bond donors (Lipinski definition) is 3.